The van der Waals surface area contributed by atoms with Crippen LogP contribution in [0.3, 0.4) is 0 Å². The number of hydrogen-bond donors (Lipinski definition) is 1. The summed E-state index contributed by atoms with van der Waals surface area (Å²) in [5.41, 5.74) is -0.140. The third-order valence-electron chi connectivity index (χ3n) is 7.08. The fourth-order valence-corrected chi connectivity index (χ4v) is 5.97. The van der Waals surface area contributed by atoms with Crippen LogP contribution in [0.4, 0.5) is 14.6 Å². The van der Waals surface area contributed by atoms with Gasteiger partial charge in [-0.25, -0.2) is 13.8 Å². The number of amides is 1. The lowest BCUT2D eigenvalue weighted by Crippen LogP contribution is -2.53. The Balaban J connectivity index is 1.17. The summed E-state index contributed by atoms with van der Waals surface area (Å²) in [4.78, 5) is 21.9. The molecule has 1 saturated carbocycles. The van der Waals surface area contributed by atoms with E-state index in [1.807, 2.05) is 11.8 Å². The maximum Gasteiger partial charge on any atom is 0.277 e. The number of piperazine rings is 1. The summed E-state index contributed by atoms with van der Waals surface area (Å²) in [6.07, 6.45) is 8.73. The van der Waals surface area contributed by atoms with Crippen LogP contribution in [-0.4, -0.2) is 59.2 Å². The summed E-state index contributed by atoms with van der Waals surface area (Å²) >= 11 is 1.58. The topological polar surface area (TPSA) is 74.5 Å². The minimum absolute atomic E-state index is 0.0910. The molecule has 10 heteroatoms. The Morgan fingerprint density at radius 3 is 2.71 bits per heavy atom. The normalized spacial score (nSPS) is 24.4. The summed E-state index contributed by atoms with van der Waals surface area (Å²) in [6, 6.07) is 0.364. The lowest BCUT2D eigenvalue weighted by atomic mass is 9.84. The van der Waals surface area contributed by atoms with Gasteiger partial charge in [-0.1, -0.05) is 5.16 Å². The summed E-state index contributed by atoms with van der Waals surface area (Å²) in [7, 11) is 0. The van der Waals surface area contributed by atoms with E-state index in [4.69, 9.17) is 4.52 Å². The van der Waals surface area contributed by atoms with E-state index in [1.165, 1.54) is 0 Å². The monoisotopic (exact) mass is 495 g/mol. The molecule has 3 heterocycles. The molecule has 1 unspecified atom stereocenters. The zero-order chi connectivity index (χ0) is 24.3. The van der Waals surface area contributed by atoms with Gasteiger partial charge in [0.15, 0.2) is 5.82 Å². The van der Waals surface area contributed by atoms with Crippen molar-refractivity contribution in [3.8, 4) is 0 Å². The first-order valence-electron chi connectivity index (χ1n) is 12.2. The average Bonchev–Trinajstić information content (AvgIpc) is 3.42. The van der Waals surface area contributed by atoms with Gasteiger partial charge in [-0.15, -0.1) is 11.3 Å². The molecular weight excluding hydrogens is 460 g/mol. The number of aromatic nitrogens is 2. The molecule has 1 N–H and O–H groups in total. The predicted octanol–water partition coefficient (Wildman–Crippen LogP) is 4.37. The Kier molecular flexibility index (Phi) is 7.87. The van der Waals surface area contributed by atoms with Crippen LogP contribution in [0.25, 0.3) is 0 Å². The van der Waals surface area contributed by atoms with Gasteiger partial charge in [0, 0.05) is 49.7 Å². The Labute approximate surface area is 203 Å². The van der Waals surface area contributed by atoms with Gasteiger partial charge < -0.3 is 14.7 Å². The van der Waals surface area contributed by atoms with Crippen LogP contribution >= 0.6 is 11.3 Å². The van der Waals surface area contributed by atoms with E-state index in [0.29, 0.717) is 18.9 Å². The van der Waals surface area contributed by atoms with Crippen LogP contribution in [0, 0.1) is 12.8 Å². The molecule has 188 valence electrons. The zero-order valence-electron chi connectivity index (χ0n) is 20.2. The van der Waals surface area contributed by atoms with Crippen molar-refractivity contribution in [3.63, 3.8) is 0 Å². The number of anilines is 1. The molecule has 4 rings (SSSR count). The second-order valence-corrected chi connectivity index (χ2v) is 11.2. The molecule has 1 aliphatic heterocycles. The molecule has 2 fully saturated rings. The minimum Gasteiger partial charge on any atom is -0.362 e. The first-order valence-corrected chi connectivity index (χ1v) is 13.0. The van der Waals surface area contributed by atoms with E-state index in [1.54, 1.807) is 17.5 Å². The average molecular weight is 496 g/mol. The molecule has 1 aliphatic carbocycles. The number of nitrogens with one attached hydrogen (secondary N) is 1. The highest BCUT2D eigenvalue weighted by Crippen LogP contribution is 2.35. The second kappa shape index (κ2) is 10.7. The first-order chi connectivity index (χ1) is 16.2. The zero-order valence-corrected chi connectivity index (χ0v) is 21.0. The fraction of sp³-hybridized carbons (Fsp3) is 0.708. The molecular formula is C24H35F2N5O2S. The van der Waals surface area contributed by atoms with Crippen molar-refractivity contribution in [2.45, 2.75) is 77.3 Å². The van der Waals surface area contributed by atoms with Gasteiger partial charge in [0.2, 0.25) is 5.91 Å². The van der Waals surface area contributed by atoms with E-state index in [-0.39, 0.29) is 29.4 Å². The number of aryl methyl sites for hydroxylation is 1. The summed E-state index contributed by atoms with van der Waals surface area (Å²) < 4.78 is 32.6. The maximum atomic E-state index is 13.9. The Hall–Kier alpha value is -2.07. The van der Waals surface area contributed by atoms with Crippen molar-refractivity contribution < 1.29 is 18.1 Å². The van der Waals surface area contributed by atoms with E-state index in [9.17, 15) is 13.6 Å². The molecule has 2 aliphatic rings. The van der Waals surface area contributed by atoms with E-state index in [2.05, 4.69) is 27.3 Å². The van der Waals surface area contributed by atoms with Crippen molar-refractivity contribution in [2.24, 2.45) is 5.92 Å². The summed E-state index contributed by atoms with van der Waals surface area (Å²) in [5, 5.41) is 8.06. The summed E-state index contributed by atoms with van der Waals surface area (Å²) in [6.45, 7) is 8.22. The molecule has 0 aromatic carbocycles. The van der Waals surface area contributed by atoms with Gasteiger partial charge in [0.1, 0.15) is 11.8 Å². The number of nitrogens with zero attached hydrogens (tertiary/aromatic N) is 4. The number of hydrogen-bond acceptors (Lipinski definition) is 7. The van der Waals surface area contributed by atoms with Gasteiger partial charge >= 0.3 is 0 Å². The number of halogens is 2. The quantitative estimate of drug-likeness (QED) is 0.586. The molecule has 1 saturated heterocycles. The van der Waals surface area contributed by atoms with Crippen LogP contribution < -0.4 is 10.2 Å². The summed E-state index contributed by atoms with van der Waals surface area (Å²) in [5.74, 6) is -1.93. The van der Waals surface area contributed by atoms with E-state index in [0.717, 1.165) is 74.8 Å². The number of carbonyl (C=O) groups is 1. The highest BCUT2D eigenvalue weighted by atomic mass is 32.1. The van der Waals surface area contributed by atoms with Crippen LogP contribution in [0.15, 0.2) is 17.0 Å². The van der Waals surface area contributed by atoms with Gasteiger partial charge in [0.05, 0.1) is 11.4 Å². The van der Waals surface area contributed by atoms with Gasteiger partial charge in [-0.05, 0) is 58.4 Å². The molecule has 7 nitrogen and oxygen atoms in total. The van der Waals surface area contributed by atoms with Crippen LogP contribution in [-0.2, 0) is 17.1 Å². The van der Waals surface area contributed by atoms with Crippen molar-refractivity contribution >= 4 is 23.1 Å². The minimum atomic E-state index is -2.97. The van der Waals surface area contributed by atoms with Gasteiger partial charge in [-0.3, -0.25) is 9.69 Å². The highest BCUT2D eigenvalue weighted by molar-refractivity contribution is 7.11. The molecule has 1 amide bonds. The molecule has 0 bridgehead atoms. The highest BCUT2D eigenvalue weighted by Gasteiger charge is 2.36. The van der Waals surface area contributed by atoms with Crippen LogP contribution in [0.2, 0.25) is 0 Å². The molecule has 2 aromatic rings. The third-order valence-corrected chi connectivity index (χ3v) is 7.99. The smallest absolute Gasteiger partial charge is 0.277 e. The largest absolute Gasteiger partial charge is 0.362 e. The van der Waals surface area contributed by atoms with Crippen molar-refractivity contribution in [1.29, 1.82) is 0 Å². The molecule has 1 atom stereocenters. The second-order valence-electron chi connectivity index (χ2n) is 9.88. The van der Waals surface area contributed by atoms with Crippen LogP contribution in [0.5, 0.6) is 0 Å². The van der Waals surface area contributed by atoms with Crippen LogP contribution in [0.1, 0.15) is 61.4 Å². The molecule has 34 heavy (non-hydrogen) atoms. The first kappa shape index (κ1) is 25.0. The maximum absolute atomic E-state index is 13.9. The standard InChI is InChI=1S/C24H35F2N5O2S/c1-16-14-30(10-11-31(16)23-21(15-33-29-23)24(3,25)26)9-8-18-4-6-19(7-5-18)28-22(32)12-20-13-27-17(2)34-20/h13,15-16,18-19H,4-12,14H2,1-3H3,(H,28,32)/t16?,18-,19-. The van der Waals surface area contributed by atoms with Crippen molar-refractivity contribution in [3.05, 3.63) is 27.9 Å². The van der Waals surface area contributed by atoms with E-state index >= 15 is 0 Å². The number of rotatable bonds is 8. The number of carbonyl (C=O) groups excluding carboxylic acids is 1. The Bertz CT molecular complexity index is 951. The lowest BCUT2D eigenvalue weighted by Gasteiger charge is -2.41. The molecule has 0 radical (unpaired) electrons. The number of alkyl halides is 2. The SMILES string of the molecule is Cc1ncc(CC(=O)N[C@H]2CC[C@H](CCN3CCN(c4nocc4C(C)(F)F)C(C)C3)CC2)s1. The molecule has 0 spiro atoms. The Morgan fingerprint density at radius 1 is 1.29 bits per heavy atom. The Morgan fingerprint density at radius 2 is 2.06 bits per heavy atom. The van der Waals surface area contributed by atoms with E-state index < -0.39 is 5.92 Å². The third kappa shape index (κ3) is 6.33. The van der Waals surface area contributed by atoms with Gasteiger partial charge in [-0.2, -0.15) is 0 Å². The fourth-order valence-electron chi connectivity index (χ4n) is 5.17. The molecule has 2 aromatic heterocycles. The lowest BCUT2D eigenvalue weighted by molar-refractivity contribution is -0.121. The number of thiazole rings is 1. The van der Waals surface area contributed by atoms with Crippen molar-refractivity contribution in [1.82, 2.24) is 20.4 Å². The van der Waals surface area contributed by atoms with Crippen molar-refractivity contribution in [2.75, 3.05) is 31.1 Å². The predicted molar refractivity (Wildman–Crippen MR) is 128 cm³/mol. The van der Waals surface area contributed by atoms with Gasteiger partial charge in [0.25, 0.3) is 5.92 Å².